The Labute approximate surface area is 166 Å². The Morgan fingerprint density at radius 2 is 1.48 bits per heavy atom. The van der Waals surface area contributed by atoms with Gasteiger partial charge in [0.2, 0.25) is 5.91 Å². The van der Waals surface area contributed by atoms with Crippen molar-refractivity contribution in [2.24, 2.45) is 0 Å². The number of hydrogen-bond acceptors (Lipinski definition) is 3. The maximum atomic E-state index is 11.7. The van der Waals surface area contributed by atoms with E-state index in [9.17, 15) is 9.59 Å². The van der Waals surface area contributed by atoms with E-state index in [2.05, 4.69) is 24.4 Å². The third kappa shape index (κ3) is 13.5. The molecule has 1 rings (SSSR count). The summed E-state index contributed by atoms with van der Waals surface area (Å²) in [5.74, 6) is -0.313. The Balaban J connectivity index is 1.75. The Bertz CT molecular complexity index is 420. The van der Waals surface area contributed by atoms with Gasteiger partial charge >= 0.3 is 5.97 Å². The Kier molecular flexibility index (Phi) is 14.8. The molecule has 1 saturated heterocycles. The van der Waals surface area contributed by atoms with Gasteiger partial charge in [0, 0.05) is 6.42 Å². The van der Waals surface area contributed by atoms with Gasteiger partial charge < -0.3 is 10.1 Å². The molecule has 1 aliphatic heterocycles. The molecule has 0 spiro atoms. The van der Waals surface area contributed by atoms with E-state index in [4.69, 9.17) is 4.74 Å². The van der Waals surface area contributed by atoms with Crippen LogP contribution in [0.3, 0.4) is 0 Å². The maximum Gasteiger partial charge on any atom is 0.328 e. The van der Waals surface area contributed by atoms with Crippen LogP contribution in [0.1, 0.15) is 110 Å². The van der Waals surface area contributed by atoms with Crippen LogP contribution in [0.25, 0.3) is 0 Å². The van der Waals surface area contributed by atoms with Crippen LogP contribution in [-0.4, -0.2) is 24.5 Å². The zero-order chi connectivity index (χ0) is 19.6. The number of amides is 1. The van der Waals surface area contributed by atoms with Crippen molar-refractivity contribution < 1.29 is 14.3 Å². The number of carbonyl (C=O) groups is 2. The highest BCUT2D eigenvalue weighted by atomic mass is 16.5. The minimum atomic E-state index is -0.408. The van der Waals surface area contributed by atoms with Crippen molar-refractivity contribution in [2.45, 2.75) is 116 Å². The molecule has 0 saturated carbocycles. The summed E-state index contributed by atoms with van der Waals surface area (Å²) in [5, 5.41) is 2.64. The summed E-state index contributed by atoms with van der Waals surface area (Å²) in [4.78, 5) is 22.8. The smallest absolute Gasteiger partial charge is 0.328 e. The summed E-state index contributed by atoms with van der Waals surface area (Å²) in [7, 11) is 0. The first-order valence-corrected chi connectivity index (χ1v) is 11.3. The molecule has 1 amide bonds. The van der Waals surface area contributed by atoms with Gasteiger partial charge in [-0.15, -0.1) is 0 Å². The number of hydrogen-bond donors (Lipinski definition) is 1. The van der Waals surface area contributed by atoms with E-state index in [-0.39, 0.29) is 11.9 Å². The van der Waals surface area contributed by atoms with E-state index < -0.39 is 6.04 Å². The van der Waals surface area contributed by atoms with Crippen LogP contribution in [0.15, 0.2) is 12.2 Å². The Morgan fingerprint density at radius 1 is 0.926 bits per heavy atom. The van der Waals surface area contributed by atoms with Crippen LogP contribution >= 0.6 is 0 Å². The van der Waals surface area contributed by atoms with Crippen LogP contribution in [0.4, 0.5) is 0 Å². The zero-order valence-electron chi connectivity index (χ0n) is 17.5. The molecule has 0 aromatic heterocycles. The van der Waals surface area contributed by atoms with Gasteiger partial charge in [0.25, 0.3) is 0 Å². The molecule has 156 valence electrons. The monoisotopic (exact) mass is 379 g/mol. The first kappa shape index (κ1) is 23.7. The van der Waals surface area contributed by atoms with Crippen molar-refractivity contribution in [1.29, 1.82) is 0 Å². The van der Waals surface area contributed by atoms with Crippen molar-refractivity contribution >= 4 is 11.9 Å². The van der Waals surface area contributed by atoms with Crippen LogP contribution in [0, 0.1) is 0 Å². The number of ether oxygens (including phenoxy) is 1. The summed E-state index contributed by atoms with van der Waals surface area (Å²) in [6.45, 7) is 2.73. The largest absolute Gasteiger partial charge is 0.464 e. The molecule has 0 bridgehead atoms. The average molecular weight is 380 g/mol. The average Bonchev–Trinajstić information content (AvgIpc) is 3.10. The fraction of sp³-hybridized carbons (Fsp3) is 0.826. The summed E-state index contributed by atoms with van der Waals surface area (Å²) in [5.41, 5.74) is 0. The van der Waals surface area contributed by atoms with E-state index in [1.54, 1.807) is 0 Å². The number of nitrogens with one attached hydrogen (secondary N) is 1. The second-order valence-electron chi connectivity index (χ2n) is 7.76. The van der Waals surface area contributed by atoms with E-state index in [1.165, 1.54) is 77.0 Å². The standard InChI is InChI=1S/C23H41NO3/c1-2-3-4-5-6-7-8-9-10-11-12-13-14-15-16-17-20-27-23(26)21-18-19-22(25)24-21/h6-7,21H,2-5,8-20H2,1H3,(H,24,25)/b7-6+/t21-/m0/s1. The number of allylic oxidation sites excluding steroid dienone is 2. The number of rotatable bonds is 17. The lowest BCUT2D eigenvalue weighted by Gasteiger charge is -2.09. The fourth-order valence-corrected chi connectivity index (χ4v) is 3.41. The van der Waals surface area contributed by atoms with Crippen molar-refractivity contribution in [1.82, 2.24) is 5.32 Å². The second kappa shape index (κ2) is 16.8. The normalized spacial score (nSPS) is 16.8. The minimum absolute atomic E-state index is 0.0455. The van der Waals surface area contributed by atoms with Crippen LogP contribution in [-0.2, 0) is 14.3 Å². The molecule has 0 aromatic carbocycles. The van der Waals surface area contributed by atoms with Gasteiger partial charge in [-0.2, -0.15) is 0 Å². The molecular weight excluding hydrogens is 338 g/mol. The molecule has 1 heterocycles. The molecule has 4 nitrogen and oxygen atoms in total. The predicted octanol–water partition coefficient (Wildman–Crippen LogP) is 5.85. The maximum absolute atomic E-state index is 11.7. The van der Waals surface area contributed by atoms with E-state index >= 15 is 0 Å². The topological polar surface area (TPSA) is 55.4 Å². The highest BCUT2D eigenvalue weighted by Gasteiger charge is 2.28. The van der Waals surface area contributed by atoms with E-state index in [0.717, 1.165) is 12.8 Å². The van der Waals surface area contributed by atoms with Crippen molar-refractivity contribution in [3.8, 4) is 0 Å². The molecule has 4 heteroatoms. The van der Waals surface area contributed by atoms with Crippen molar-refractivity contribution in [3.63, 3.8) is 0 Å². The second-order valence-corrected chi connectivity index (χ2v) is 7.76. The highest BCUT2D eigenvalue weighted by Crippen LogP contribution is 2.12. The number of unbranched alkanes of at least 4 members (excludes halogenated alkanes) is 12. The van der Waals surface area contributed by atoms with Gasteiger partial charge in [-0.25, -0.2) is 4.79 Å². The third-order valence-electron chi connectivity index (χ3n) is 5.18. The molecule has 0 aliphatic carbocycles. The van der Waals surface area contributed by atoms with Crippen LogP contribution in [0.5, 0.6) is 0 Å². The van der Waals surface area contributed by atoms with E-state index in [1.807, 2.05) is 0 Å². The lowest BCUT2D eigenvalue weighted by Crippen LogP contribution is -2.34. The molecule has 1 fully saturated rings. The summed E-state index contributed by atoms with van der Waals surface area (Å²) in [6, 6.07) is -0.408. The predicted molar refractivity (Wildman–Crippen MR) is 112 cm³/mol. The Hall–Kier alpha value is -1.32. The van der Waals surface area contributed by atoms with Crippen LogP contribution < -0.4 is 5.32 Å². The summed E-state index contributed by atoms with van der Waals surface area (Å²) < 4.78 is 5.23. The van der Waals surface area contributed by atoms with Gasteiger partial charge in [0.1, 0.15) is 6.04 Å². The van der Waals surface area contributed by atoms with Gasteiger partial charge in [0.05, 0.1) is 6.61 Å². The lowest BCUT2D eigenvalue weighted by molar-refractivity contribution is -0.146. The molecule has 0 unspecified atom stereocenters. The van der Waals surface area contributed by atoms with Gasteiger partial charge in [0.15, 0.2) is 0 Å². The summed E-state index contributed by atoms with van der Waals surface area (Å²) >= 11 is 0. The molecule has 0 aromatic rings. The van der Waals surface area contributed by atoms with E-state index in [0.29, 0.717) is 19.4 Å². The molecule has 1 N–H and O–H groups in total. The van der Waals surface area contributed by atoms with Gasteiger partial charge in [-0.1, -0.05) is 76.9 Å². The zero-order valence-corrected chi connectivity index (χ0v) is 17.5. The summed E-state index contributed by atoms with van der Waals surface area (Å²) in [6.07, 6.45) is 23.5. The van der Waals surface area contributed by atoms with Crippen molar-refractivity contribution in [2.75, 3.05) is 6.61 Å². The highest BCUT2D eigenvalue weighted by molar-refractivity contribution is 5.87. The SMILES string of the molecule is CCCCC/C=C/CCCCCCCCCCCOC(=O)[C@@H]1CCC(=O)N1. The number of carbonyl (C=O) groups excluding carboxylic acids is 2. The minimum Gasteiger partial charge on any atom is -0.464 e. The fourth-order valence-electron chi connectivity index (χ4n) is 3.41. The van der Waals surface area contributed by atoms with Crippen LogP contribution in [0.2, 0.25) is 0 Å². The quantitative estimate of drug-likeness (QED) is 0.196. The van der Waals surface area contributed by atoms with Crippen molar-refractivity contribution in [3.05, 3.63) is 12.2 Å². The lowest BCUT2D eigenvalue weighted by atomic mass is 10.1. The first-order valence-electron chi connectivity index (χ1n) is 11.3. The molecule has 27 heavy (non-hydrogen) atoms. The van der Waals surface area contributed by atoms with Gasteiger partial charge in [-0.3, -0.25) is 4.79 Å². The molecule has 1 aliphatic rings. The Morgan fingerprint density at radius 3 is 2.04 bits per heavy atom. The number of esters is 1. The molecule has 1 atom stereocenters. The molecule has 0 radical (unpaired) electrons. The third-order valence-corrected chi connectivity index (χ3v) is 5.18. The first-order chi connectivity index (χ1) is 13.2. The molecular formula is C23H41NO3. The van der Waals surface area contributed by atoms with Gasteiger partial charge in [-0.05, 0) is 38.5 Å².